The second-order valence-corrected chi connectivity index (χ2v) is 38.5. The Labute approximate surface area is 202 Å². The van der Waals surface area contributed by atoms with Crippen molar-refractivity contribution in [3.05, 3.63) is 0 Å². The molecule has 0 fully saturated rings. The van der Waals surface area contributed by atoms with Crippen molar-refractivity contribution in [2.45, 2.75) is 112 Å². The Hall–Kier alpha value is 1.75. The molecular formula is C20H46S4Si4. The van der Waals surface area contributed by atoms with Gasteiger partial charge in [-0.15, -0.1) is 0 Å². The largest absolute Gasteiger partial charge is 0.174 e. The van der Waals surface area contributed by atoms with Gasteiger partial charge in [0, 0.05) is 17.7 Å². The number of hydrogen-bond donors (Lipinski definition) is 2. The van der Waals surface area contributed by atoms with Crippen LogP contribution in [0.4, 0.5) is 0 Å². The molecule has 0 atom stereocenters. The van der Waals surface area contributed by atoms with Crippen LogP contribution in [-0.4, -0.2) is 50.0 Å². The minimum absolute atomic E-state index is 0.000205. The van der Waals surface area contributed by atoms with Crippen LogP contribution >= 0.6 is 49.7 Å². The molecule has 0 rings (SSSR count). The second-order valence-electron chi connectivity index (χ2n) is 12.5. The Balaban J connectivity index is 5.18. The average Bonchev–Trinajstić information content (AvgIpc) is 2.44. The molecule has 0 bridgehead atoms. The van der Waals surface area contributed by atoms with Gasteiger partial charge in [0.25, 0.3) is 0 Å². The molecule has 0 nitrogen and oxygen atoms in total. The molecule has 0 aromatic rings. The highest BCUT2D eigenvalue weighted by Gasteiger charge is 2.53. The Morgan fingerprint density at radius 3 is 0.857 bits per heavy atom. The van der Waals surface area contributed by atoms with Gasteiger partial charge in [-0.3, -0.25) is 0 Å². The van der Waals surface area contributed by atoms with Gasteiger partial charge in [-0.25, -0.2) is 0 Å². The molecule has 0 aliphatic carbocycles. The molecule has 0 aliphatic heterocycles. The van der Waals surface area contributed by atoms with E-state index in [1.807, 2.05) is 0 Å². The van der Waals surface area contributed by atoms with Gasteiger partial charge in [0.15, 0.2) is 0 Å². The Bertz CT molecular complexity index is 495. The molecule has 0 radical (unpaired) electrons. The summed E-state index contributed by atoms with van der Waals surface area (Å²) in [5.74, 6) is 0. The van der Waals surface area contributed by atoms with E-state index in [0.29, 0.717) is 0 Å². The van der Waals surface area contributed by atoms with E-state index >= 15 is 0 Å². The van der Waals surface area contributed by atoms with Crippen molar-refractivity contribution < 1.29 is 0 Å². The lowest BCUT2D eigenvalue weighted by Gasteiger charge is -2.49. The summed E-state index contributed by atoms with van der Waals surface area (Å²) in [6.07, 6.45) is 4.26. The molecule has 28 heavy (non-hydrogen) atoms. The van der Waals surface area contributed by atoms with Crippen molar-refractivity contribution in [2.75, 3.05) is 0 Å². The first-order valence-corrected chi connectivity index (χ1v) is 26.3. The Morgan fingerprint density at radius 1 is 0.536 bits per heavy atom. The van der Waals surface area contributed by atoms with Crippen LogP contribution in [0.2, 0.25) is 78.6 Å². The smallest absolute Gasteiger partial charge is 0.0649 e. The van der Waals surface area contributed by atoms with E-state index in [4.69, 9.17) is 49.7 Å². The zero-order chi connectivity index (χ0) is 23.0. The van der Waals surface area contributed by atoms with Gasteiger partial charge in [0.05, 0.1) is 32.3 Å². The molecule has 0 saturated heterocycles. The van der Waals surface area contributed by atoms with Gasteiger partial charge in [-0.2, -0.15) is 25.3 Å². The van der Waals surface area contributed by atoms with E-state index in [9.17, 15) is 0 Å². The number of thiol groups is 2. The molecule has 0 N–H and O–H groups in total. The summed E-state index contributed by atoms with van der Waals surface area (Å²) in [7, 11) is -6.05. The standard InChI is InChI=1S/C20H46S4Si4/c1-25(2,3)19(23,26(4,5)6)17(21)15-13-14-16-18(22)20(24,27(7,8)9)28(10,11)12/h23-24H,13-16H2,1-12H3. The fraction of sp³-hybridized carbons (Fsp3) is 0.900. The van der Waals surface area contributed by atoms with Gasteiger partial charge in [-0.05, 0) is 25.7 Å². The predicted molar refractivity (Wildman–Crippen MR) is 160 cm³/mol. The van der Waals surface area contributed by atoms with Crippen LogP contribution in [0.5, 0.6) is 0 Å². The van der Waals surface area contributed by atoms with Gasteiger partial charge >= 0.3 is 0 Å². The quantitative estimate of drug-likeness (QED) is 0.121. The zero-order valence-corrected chi connectivity index (χ0v) is 28.0. The second kappa shape index (κ2) is 9.71. The minimum atomic E-state index is -1.51. The molecule has 0 aliphatic rings. The highest BCUT2D eigenvalue weighted by Crippen LogP contribution is 2.41. The highest BCUT2D eigenvalue weighted by molar-refractivity contribution is 7.92. The van der Waals surface area contributed by atoms with E-state index in [-0.39, 0.29) is 7.99 Å². The monoisotopic (exact) mass is 526 g/mol. The third kappa shape index (κ3) is 6.16. The van der Waals surface area contributed by atoms with Crippen molar-refractivity contribution in [3.8, 4) is 0 Å². The summed E-state index contributed by atoms with van der Waals surface area (Å²) in [4.78, 5) is 2.43. The van der Waals surface area contributed by atoms with Crippen molar-refractivity contribution in [1.29, 1.82) is 0 Å². The van der Waals surface area contributed by atoms with Crippen LogP contribution in [0.25, 0.3) is 0 Å². The van der Waals surface area contributed by atoms with E-state index in [1.54, 1.807) is 0 Å². The summed E-state index contributed by atoms with van der Waals surface area (Å²) >= 11 is 22.6. The van der Waals surface area contributed by atoms with E-state index < -0.39 is 32.3 Å². The number of unbranched alkanes of at least 4 members (excludes halogenated alkanes) is 1. The highest BCUT2D eigenvalue weighted by atomic mass is 32.1. The molecular weight excluding hydrogens is 481 g/mol. The summed E-state index contributed by atoms with van der Waals surface area (Å²) in [5, 5.41) is 0. The van der Waals surface area contributed by atoms with Gasteiger partial charge in [0.1, 0.15) is 0 Å². The van der Waals surface area contributed by atoms with E-state index in [1.165, 1.54) is 9.73 Å². The first kappa shape index (κ1) is 29.7. The maximum atomic E-state index is 6.01. The average molecular weight is 527 g/mol. The van der Waals surface area contributed by atoms with Crippen LogP contribution in [0.15, 0.2) is 0 Å². The van der Waals surface area contributed by atoms with Gasteiger partial charge in [0.2, 0.25) is 0 Å². The maximum absolute atomic E-state index is 6.01. The molecule has 0 aromatic heterocycles. The number of thiocarbonyl (C=S) groups is 2. The molecule has 0 amide bonds. The Morgan fingerprint density at radius 2 is 0.714 bits per heavy atom. The Kier molecular flexibility index (Phi) is 10.3. The summed E-state index contributed by atoms with van der Waals surface area (Å²) < 4.78 is -0.000410. The molecule has 8 heteroatoms. The normalized spacial score (nSPS) is 14.9. The molecule has 0 unspecified atom stereocenters. The molecule has 166 valence electrons. The van der Waals surface area contributed by atoms with Gasteiger partial charge < -0.3 is 0 Å². The van der Waals surface area contributed by atoms with Crippen molar-refractivity contribution in [1.82, 2.24) is 0 Å². The lowest BCUT2D eigenvalue weighted by atomic mass is 10.1. The first-order valence-electron chi connectivity index (χ1n) is 10.6. The zero-order valence-electron chi connectivity index (χ0n) is 20.5. The first-order chi connectivity index (χ1) is 12.0. The van der Waals surface area contributed by atoms with Crippen LogP contribution in [0, 0.1) is 0 Å². The van der Waals surface area contributed by atoms with Crippen LogP contribution < -0.4 is 0 Å². The molecule has 0 heterocycles. The lowest BCUT2D eigenvalue weighted by molar-refractivity contribution is 0.794. The topological polar surface area (TPSA) is 0 Å². The lowest BCUT2D eigenvalue weighted by Crippen LogP contribution is -2.67. The number of hydrogen-bond acceptors (Lipinski definition) is 4. The van der Waals surface area contributed by atoms with Crippen LogP contribution in [0.1, 0.15) is 25.7 Å². The SMILES string of the molecule is C[Si](C)(C)C(S)(C(=S)CCCCC(=S)C(S)([Si](C)(C)C)[Si](C)(C)C)[Si](C)(C)C. The predicted octanol–water partition coefficient (Wildman–Crippen LogP) is 8.13. The fourth-order valence-corrected chi connectivity index (χ4v) is 30.9. The summed E-state index contributed by atoms with van der Waals surface area (Å²) in [6, 6.07) is 0. The molecule has 0 aromatic carbocycles. The third-order valence-corrected chi connectivity index (χ3v) is 35.7. The minimum Gasteiger partial charge on any atom is -0.174 e. The van der Waals surface area contributed by atoms with E-state index in [2.05, 4.69) is 78.6 Å². The van der Waals surface area contributed by atoms with Crippen molar-refractivity contribution in [2.24, 2.45) is 0 Å². The van der Waals surface area contributed by atoms with Crippen LogP contribution in [-0.2, 0) is 0 Å². The molecule has 0 saturated carbocycles. The molecule has 0 spiro atoms. The van der Waals surface area contributed by atoms with Crippen molar-refractivity contribution in [3.63, 3.8) is 0 Å². The third-order valence-electron chi connectivity index (χ3n) is 6.21. The maximum Gasteiger partial charge on any atom is 0.0649 e. The van der Waals surface area contributed by atoms with Crippen LogP contribution in [0.3, 0.4) is 0 Å². The summed E-state index contributed by atoms with van der Waals surface area (Å²) in [5.41, 5.74) is 0. The number of rotatable bonds is 11. The van der Waals surface area contributed by atoms with Crippen molar-refractivity contribution >= 4 is 91.7 Å². The van der Waals surface area contributed by atoms with E-state index in [0.717, 1.165) is 25.7 Å². The van der Waals surface area contributed by atoms with Gasteiger partial charge in [-0.1, -0.05) is 103 Å². The summed E-state index contributed by atoms with van der Waals surface area (Å²) in [6.45, 7) is 29.1. The fourth-order valence-electron chi connectivity index (χ4n) is 4.86.